The van der Waals surface area contributed by atoms with E-state index < -0.39 is 0 Å². The lowest BCUT2D eigenvalue weighted by Gasteiger charge is -2.25. The van der Waals surface area contributed by atoms with E-state index in [1.165, 1.54) is 0 Å². The molecule has 1 rings (SSSR count). The highest BCUT2D eigenvalue weighted by Gasteiger charge is 2.15. The monoisotopic (exact) mass is 284 g/mol. The Balaban J connectivity index is 2.53. The van der Waals surface area contributed by atoms with E-state index in [-0.39, 0.29) is 18.6 Å². The van der Waals surface area contributed by atoms with Gasteiger partial charge in [-0.1, -0.05) is 23.7 Å². The molecule has 1 atom stereocenters. The number of carbonyl (C=O) groups excluding carboxylic acids is 1. The number of benzene rings is 1. The fourth-order valence-electron chi connectivity index (χ4n) is 1.63. The molecule has 1 aromatic rings. The molecule has 106 valence electrons. The molecule has 0 bridgehead atoms. The predicted octanol–water partition coefficient (Wildman–Crippen LogP) is 1.61. The first-order valence-electron chi connectivity index (χ1n) is 6.23. The molecule has 1 unspecified atom stereocenters. The summed E-state index contributed by atoms with van der Waals surface area (Å²) in [6.45, 7) is 2.74. The smallest absolute Gasteiger partial charge is 0.236 e. The summed E-state index contributed by atoms with van der Waals surface area (Å²) in [6, 6.07) is 7.45. The van der Waals surface area contributed by atoms with Crippen LogP contribution in [0.5, 0.6) is 0 Å². The quantitative estimate of drug-likeness (QED) is 0.863. The maximum Gasteiger partial charge on any atom is 0.236 e. The van der Waals surface area contributed by atoms with Crippen molar-refractivity contribution in [3.05, 3.63) is 34.9 Å². The number of hydrogen-bond acceptors (Lipinski definition) is 3. The molecule has 0 aliphatic rings. The van der Waals surface area contributed by atoms with Gasteiger partial charge >= 0.3 is 0 Å². The molecule has 1 N–H and O–H groups in total. The van der Waals surface area contributed by atoms with Crippen LogP contribution >= 0.6 is 11.6 Å². The molecule has 0 saturated carbocycles. The molecule has 5 heteroatoms. The summed E-state index contributed by atoms with van der Waals surface area (Å²) < 4.78 is 0. The van der Waals surface area contributed by atoms with Gasteiger partial charge in [0.2, 0.25) is 5.91 Å². The molecule has 0 aromatic heterocycles. The standard InChI is InChI=1S/C14H21ClN2O2/c1-11(10-18)16(2)9-14(19)17(3)8-12-5-4-6-13(15)7-12/h4-7,11,18H,8-10H2,1-3H3. The zero-order valence-corrected chi connectivity index (χ0v) is 12.4. The van der Waals surface area contributed by atoms with Crippen LogP contribution in [0.25, 0.3) is 0 Å². The second-order valence-electron chi connectivity index (χ2n) is 4.83. The van der Waals surface area contributed by atoms with Crippen molar-refractivity contribution in [3.63, 3.8) is 0 Å². The molecule has 0 saturated heterocycles. The van der Waals surface area contributed by atoms with Crippen LogP contribution in [0.1, 0.15) is 12.5 Å². The van der Waals surface area contributed by atoms with Crippen molar-refractivity contribution in [1.29, 1.82) is 0 Å². The Morgan fingerprint density at radius 1 is 1.42 bits per heavy atom. The SMILES string of the molecule is CC(CO)N(C)CC(=O)N(C)Cc1cccc(Cl)c1. The van der Waals surface area contributed by atoms with Gasteiger partial charge in [-0.05, 0) is 31.7 Å². The average molecular weight is 285 g/mol. The van der Waals surface area contributed by atoms with Gasteiger partial charge in [-0.25, -0.2) is 0 Å². The largest absolute Gasteiger partial charge is 0.395 e. The molecule has 0 spiro atoms. The Kier molecular flexibility index (Phi) is 6.28. The molecule has 1 amide bonds. The second-order valence-corrected chi connectivity index (χ2v) is 5.26. The summed E-state index contributed by atoms with van der Waals surface area (Å²) >= 11 is 5.91. The number of aliphatic hydroxyl groups excluding tert-OH is 1. The minimum absolute atomic E-state index is 0.0165. The van der Waals surface area contributed by atoms with Gasteiger partial charge in [-0.2, -0.15) is 0 Å². The van der Waals surface area contributed by atoms with Gasteiger partial charge in [0.25, 0.3) is 0 Å². The van der Waals surface area contributed by atoms with Crippen LogP contribution in [0, 0.1) is 0 Å². The van der Waals surface area contributed by atoms with E-state index in [1.54, 1.807) is 11.9 Å². The first kappa shape index (κ1) is 16.0. The van der Waals surface area contributed by atoms with E-state index in [1.807, 2.05) is 43.1 Å². The molecule has 0 aliphatic heterocycles. The number of halogens is 1. The van der Waals surface area contributed by atoms with Gasteiger partial charge in [0.15, 0.2) is 0 Å². The summed E-state index contributed by atoms with van der Waals surface area (Å²) in [4.78, 5) is 15.5. The first-order valence-corrected chi connectivity index (χ1v) is 6.61. The number of likely N-dealkylation sites (N-methyl/N-ethyl adjacent to an activating group) is 2. The highest BCUT2D eigenvalue weighted by Crippen LogP contribution is 2.12. The van der Waals surface area contributed by atoms with Crippen molar-refractivity contribution in [3.8, 4) is 0 Å². The molecule has 0 fully saturated rings. The summed E-state index contributed by atoms with van der Waals surface area (Å²) in [7, 11) is 3.59. The molecular weight excluding hydrogens is 264 g/mol. The van der Waals surface area contributed by atoms with Crippen LogP contribution in [-0.4, -0.2) is 54.1 Å². The van der Waals surface area contributed by atoms with Gasteiger partial charge in [-0.3, -0.25) is 9.69 Å². The maximum atomic E-state index is 12.0. The van der Waals surface area contributed by atoms with E-state index >= 15 is 0 Å². The molecular formula is C14H21ClN2O2. The van der Waals surface area contributed by atoms with Gasteiger partial charge < -0.3 is 10.0 Å². The van der Waals surface area contributed by atoms with Crippen LogP contribution < -0.4 is 0 Å². The Bertz CT molecular complexity index is 426. The Hall–Kier alpha value is -1.10. The molecule has 4 nitrogen and oxygen atoms in total. The highest BCUT2D eigenvalue weighted by atomic mass is 35.5. The predicted molar refractivity (Wildman–Crippen MR) is 77.1 cm³/mol. The number of aliphatic hydroxyl groups is 1. The summed E-state index contributed by atoms with van der Waals surface area (Å²) in [5, 5.41) is 9.71. The Morgan fingerprint density at radius 2 is 2.11 bits per heavy atom. The van der Waals surface area contributed by atoms with Gasteiger partial charge in [0.1, 0.15) is 0 Å². The van der Waals surface area contributed by atoms with Crippen molar-refractivity contribution in [2.24, 2.45) is 0 Å². The summed E-state index contributed by atoms with van der Waals surface area (Å²) in [5.74, 6) is 0.0165. The van der Waals surface area contributed by atoms with Crippen molar-refractivity contribution in [1.82, 2.24) is 9.80 Å². The number of nitrogens with zero attached hydrogens (tertiary/aromatic N) is 2. The molecule has 19 heavy (non-hydrogen) atoms. The minimum atomic E-state index is -0.0245. The zero-order chi connectivity index (χ0) is 14.4. The first-order chi connectivity index (χ1) is 8.93. The second kappa shape index (κ2) is 7.48. The highest BCUT2D eigenvalue weighted by molar-refractivity contribution is 6.30. The van der Waals surface area contributed by atoms with E-state index in [0.29, 0.717) is 18.1 Å². The molecule has 0 aliphatic carbocycles. The van der Waals surface area contributed by atoms with Crippen LogP contribution in [0.15, 0.2) is 24.3 Å². The van der Waals surface area contributed by atoms with Crippen molar-refractivity contribution >= 4 is 17.5 Å². The van der Waals surface area contributed by atoms with Gasteiger partial charge in [-0.15, -0.1) is 0 Å². The van der Waals surface area contributed by atoms with Crippen LogP contribution in [-0.2, 0) is 11.3 Å². The number of carbonyl (C=O) groups is 1. The van der Waals surface area contributed by atoms with Crippen LogP contribution in [0.2, 0.25) is 5.02 Å². The van der Waals surface area contributed by atoms with E-state index in [2.05, 4.69) is 0 Å². The van der Waals surface area contributed by atoms with E-state index in [0.717, 1.165) is 5.56 Å². The van der Waals surface area contributed by atoms with Crippen molar-refractivity contribution < 1.29 is 9.90 Å². The fourth-order valence-corrected chi connectivity index (χ4v) is 1.84. The average Bonchev–Trinajstić information content (AvgIpc) is 2.37. The number of rotatable bonds is 6. The van der Waals surface area contributed by atoms with Crippen LogP contribution in [0.4, 0.5) is 0 Å². The third-order valence-corrected chi connectivity index (χ3v) is 3.37. The number of hydrogen-bond donors (Lipinski definition) is 1. The summed E-state index contributed by atoms with van der Waals surface area (Å²) in [5.41, 5.74) is 1.00. The number of amides is 1. The third kappa shape index (κ3) is 5.19. The maximum absolute atomic E-state index is 12.0. The van der Waals surface area contributed by atoms with E-state index in [9.17, 15) is 4.79 Å². The lowest BCUT2D eigenvalue weighted by Crippen LogP contribution is -2.41. The Morgan fingerprint density at radius 3 is 2.68 bits per heavy atom. The van der Waals surface area contributed by atoms with Crippen molar-refractivity contribution in [2.75, 3.05) is 27.2 Å². The fraction of sp³-hybridized carbons (Fsp3) is 0.500. The normalized spacial score (nSPS) is 12.5. The molecule has 0 heterocycles. The minimum Gasteiger partial charge on any atom is -0.395 e. The Labute approximate surface area is 119 Å². The molecule has 0 radical (unpaired) electrons. The van der Waals surface area contributed by atoms with Crippen molar-refractivity contribution in [2.45, 2.75) is 19.5 Å². The van der Waals surface area contributed by atoms with E-state index in [4.69, 9.17) is 16.7 Å². The lowest BCUT2D eigenvalue weighted by molar-refractivity contribution is -0.131. The zero-order valence-electron chi connectivity index (χ0n) is 11.6. The van der Waals surface area contributed by atoms with Gasteiger partial charge in [0, 0.05) is 24.7 Å². The summed E-state index contributed by atoms with van der Waals surface area (Å²) in [6.07, 6.45) is 0. The molecule has 1 aromatic carbocycles. The lowest BCUT2D eigenvalue weighted by atomic mass is 10.2. The third-order valence-electron chi connectivity index (χ3n) is 3.14. The van der Waals surface area contributed by atoms with Crippen LogP contribution in [0.3, 0.4) is 0 Å². The topological polar surface area (TPSA) is 43.8 Å². The van der Waals surface area contributed by atoms with Gasteiger partial charge in [0.05, 0.1) is 13.2 Å².